The number of benzene rings is 1. The van der Waals surface area contributed by atoms with E-state index in [9.17, 15) is 0 Å². The molecule has 1 aliphatic carbocycles. The van der Waals surface area contributed by atoms with Crippen LogP contribution in [0.4, 0.5) is 5.82 Å². The van der Waals surface area contributed by atoms with Crippen molar-refractivity contribution in [2.75, 3.05) is 12.4 Å². The zero-order chi connectivity index (χ0) is 14.8. The van der Waals surface area contributed by atoms with Crippen molar-refractivity contribution < 1.29 is 0 Å². The Morgan fingerprint density at radius 3 is 2.29 bits per heavy atom. The Hall–Kier alpha value is -1.32. The largest absolute Gasteiger partial charge is 0.373 e. The molecular formula is C16H17Cl2N3. The number of aromatic nitrogens is 2. The lowest BCUT2D eigenvalue weighted by atomic mass is 10.0. The van der Waals surface area contributed by atoms with Gasteiger partial charge >= 0.3 is 0 Å². The molecule has 5 heteroatoms. The first-order chi connectivity index (χ1) is 10.2. The number of anilines is 1. The molecule has 1 N–H and O–H groups in total. The minimum atomic E-state index is 0.536. The summed E-state index contributed by atoms with van der Waals surface area (Å²) in [5, 5.41) is 4.30. The standard InChI is InChI=1S/C16H17Cl2N3/c1-19-15-9-14(10-4-2-3-5-10)20-16(21-15)11-6-12(17)8-13(18)7-11/h6-10H,2-5H2,1H3,(H,19,20,21). The van der Waals surface area contributed by atoms with Crippen LogP contribution in [0, 0.1) is 0 Å². The van der Waals surface area contributed by atoms with Crippen molar-refractivity contribution in [3.05, 3.63) is 40.0 Å². The number of hydrogen-bond donors (Lipinski definition) is 1. The molecule has 110 valence electrons. The Morgan fingerprint density at radius 2 is 1.67 bits per heavy atom. The van der Waals surface area contributed by atoms with Gasteiger partial charge in [-0.25, -0.2) is 9.97 Å². The summed E-state index contributed by atoms with van der Waals surface area (Å²) in [6, 6.07) is 7.46. The average molecular weight is 322 g/mol. The Kier molecular flexibility index (Phi) is 4.32. The molecule has 0 saturated heterocycles. The smallest absolute Gasteiger partial charge is 0.161 e. The molecule has 1 saturated carbocycles. The summed E-state index contributed by atoms with van der Waals surface area (Å²) in [6.07, 6.45) is 4.97. The van der Waals surface area contributed by atoms with Gasteiger partial charge in [0, 0.05) is 40.3 Å². The van der Waals surface area contributed by atoms with E-state index in [0.29, 0.717) is 21.8 Å². The highest BCUT2D eigenvalue weighted by Crippen LogP contribution is 2.35. The summed E-state index contributed by atoms with van der Waals surface area (Å²) in [5.74, 6) is 2.04. The van der Waals surface area contributed by atoms with Gasteiger partial charge in [-0.15, -0.1) is 0 Å². The molecule has 0 bridgehead atoms. The fraction of sp³-hybridized carbons (Fsp3) is 0.375. The molecule has 1 aliphatic rings. The van der Waals surface area contributed by atoms with E-state index in [2.05, 4.69) is 10.3 Å². The van der Waals surface area contributed by atoms with Gasteiger partial charge in [0.1, 0.15) is 5.82 Å². The Bertz CT molecular complexity index is 632. The summed E-state index contributed by atoms with van der Waals surface area (Å²) in [5.41, 5.74) is 1.96. The van der Waals surface area contributed by atoms with Gasteiger partial charge in [-0.2, -0.15) is 0 Å². The van der Waals surface area contributed by atoms with E-state index in [0.717, 1.165) is 17.1 Å². The van der Waals surface area contributed by atoms with Crippen LogP contribution in [0.1, 0.15) is 37.3 Å². The minimum Gasteiger partial charge on any atom is -0.373 e. The SMILES string of the molecule is CNc1cc(C2CCCC2)nc(-c2cc(Cl)cc(Cl)c2)n1. The van der Waals surface area contributed by atoms with Gasteiger partial charge in [-0.1, -0.05) is 36.0 Å². The highest BCUT2D eigenvalue weighted by atomic mass is 35.5. The fourth-order valence-electron chi connectivity index (χ4n) is 2.84. The van der Waals surface area contributed by atoms with Crippen molar-refractivity contribution in [3.63, 3.8) is 0 Å². The summed E-state index contributed by atoms with van der Waals surface area (Å²) >= 11 is 12.2. The number of halogens is 2. The highest BCUT2D eigenvalue weighted by molar-refractivity contribution is 6.35. The first-order valence-electron chi connectivity index (χ1n) is 7.19. The summed E-state index contributed by atoms with van der Waals surface area (Å²) in [7, 11) is 1.87. The number of hydrogen-bond acceptors (Lipinski definition) is 3. The second-order valence-corrected chi connectivity index (χ2v) is 6.26. The van der Waals surface area contributed by atoms with E-state index in [1.165, 1.54) is 25.7 Å². The molecule has 1 heterocycles. The quantitative estimate of drug-likeness (QED) is 0.849. The van der Waals surface area contributed by atoms with Crippen molar-refractivity contribution in [1.29, 1.82) is 0 Å². The minimum absolute atomic E-state index is 0.536. The van der Waals surface area contributed by atoms with Crippen LogP contribution in [0.2, 0.25) is 10.0 Å². The molecule has 0 aliphatic heterocycles. The third kappa shape index (κ3) is 3.30. The molecule has 3 nitrogen and oxygen atoms in total. The summed E-state index contributed by atoms with van der Waals surface area (Å²) < 4.78 is 0. The molecule has 0 amide bonds. The Morgan fingerprint density at radius 1 is 1.00 bits per heavy atom. The van der Waals surface area contributed by atoms with Crippen molar-refractivity contribution in [2.24, 2.45) is 0 Å². The van der Waals surface area contributed by atoms with E-state index in [-0.39, 0.29) is 0 Å². The summed E-state index contributed by atoms with van der Waals surface area (Å²) in [6.45, 7) is 0. The predicted octanol–water partition coefficient (Wildman–Crippen LogP) is 5.15. The Labute approximate surface area is 134 Å². The van der Waals surface area contributed by atoms with Gasteiger partial charge in [0.2, 0.25) is 0 Å². The zero-order valence-electron chi connectivity index (χ0n) is 11.9. The molecule has 1 aromatic heterocycles. The second-order valence-electron chi connectivity index (χ2n) is 5.39. The van der Waals surface area contributed by atoms with E-state index in [1.54, 1.807) is 6.07 Å². The zero-order valence-corrected chi connectivity index (χ0v) is 13.4. The Balaban J connectivity index is 2.06. The van der Waals surface area contributed by atoms with Crippen molar-refractivity contribution >= 4 is 29.0 Å². The third-order valence-electron chi connectivity index (χ3n) is 3.90. The van der Waals surface area contributed by atoms with Crippen LogP contribution in [0.15, 0.2) is 24.3 Å². The van der Waals surface area contributed by atoms with Crippen LogP contribution < -0.4 is 5.32 Å². The molecule has 1 fully saturated rings. The molecule has 0 radical (unpaired) electrons. The maximum atomic E-state index is 6.08. The van der Waals surface area contributed by atoms with Crippen molar-refractivity contribution in [2.45, 2.75) is 31.6 Å². The fourth-order valence-corrected chi connectivity index (χ4v) is 3.36. The first-order valence-corrected chi connectivity index (χ1v) is 7.94. The summed E-state index contributed by atoms with van der Waals surface area (Å²) in [4.78, 5) is 9.28. The van der Waals surface area contributed by atoms with Gasteiger partial charge in [0.05, 0.1) is 0 Å². The van der Waals surface area contributed by atoms with Crippen molar-refractivity contribution in [1.82, 2.24) is 9.97 Å². The van der Waals surface area contributed by atoms with E-state index in [1.807, 2.05) is 25.2 Å². The average Bonchev–Trinajstić information content (AvgIpc) is 3.00. The first kappa shape index (κ1) is 14.6. The molecule has 3 rings (SSSR count). The van der Waals surface area contributed by atoms with E-state index >= 15 is 0 Å². The molecule has 0 spiro atoms. The molecule has 1 aromatic carbocycles. The second kappa shape index (κ2) is 6.20. The number of nitrogens with zero attached hydrogens (tertiary/aromatic N) is 2. The molecule has 0 atom stereocenters. The third-order valence-corrected chi connectivity index (χ3v) is 4.33. The van der Waals surface area contributed by atoms with Gasteiger partial charge in [-0.3, -0.25) is 0 Å². The van der Waals surface area contributed by atoms with Crippen LogP contribution in [0.3, 0.4) is 0 Å². The van der Waals surface area contributed by atoms with Crippen LogP contribution in [0.5, 0.6) is 0 Å². The molecular weight excluding hydrogens is 305 g/mol. The van der Waals surface area contributed by atoms with Crippen LogP contribution in [-0.4, -0.2) is 17.0 Å². The van der Waals surface area contributed by atoms with Crippen molar-refractivity contribution in [3.8, 4) is 11.4 Å². The lowest BCUT2D eigenvalue weighted by molar-refractivity contribution is 0.696. The van der Waals surface area contributed by atoms with E-state index < -0.39 is 0 Å². The highest BCUT2D eigenvalue weighted by Gasteiger charge is 2.20. The van der Waals surface area contributed by atoms with Crippen LogP contribution in [0.25, 0.3) is 11.4 Å². The van der Waals surface area contributed by atoms with Gasteiger partial charge < -0.3 is 5.32 Å². The number of nitrogens with one attached hydrogen (secondary N) is 1. The van der Waals surface area contributed by atoms with Crippen LogP contribution in [-0.2, 0) is 0 Å². The lowest BCUT2D eigenvalue weighted by Gasteiger charge is -2.12. The molecule has 2 aromatic rings. The normalized spacial score (nSPS) is 15.4. The lowest BCUT2D eigenvalue weighted by Crippen LogP contribution is -2.03. The van der Waals surface area contributed by atoms with Gasteiger partial charge in [0.25, 0.3) is 0 Å². The monoisotopic (exact) mass is 321 g/mol. The topological polar surface area (TPSA) is 37.8 Å². The van der Waals surface area contributed by atoms with Gasteiger partial charge in [-0.05, 0) is 31.0 Å². The number of rotatable bonds is 3. The van der Waals surface area contributed by atoms with Crippen LogP contribution >= 0.6 is 23.2 Å². The van der Waals surface area contributed by atoms with E-state index in [4.69, 9.17) is 28.2 Å². The van der Waals surface area contributed by atoms with Gasteiger partial charge in [0.15, 0.2) is 5.82 Å². The molecule has 21 heavy (non-hydrogen) atoms. The predicted molar refractivity (Wildman–Crippen MR) is 88.2 cm³/mol. The molecule has 0 unspecified atom stereocenters. The maximum Gasteiger partial charge on any atom is 0.161 e. The maximum absolute atomic E-state index is 6.08.